The van der Waals surface area contributed by atoms with E-state index in [1.54, 1.807) is 5.19 Å². The monoisotopic (exact) mass is 617 g/mol. The van der Waals surface area contributed by atoms with E-state index in [1.165, 1.54) is 38.5 Å². The van der Waals surface area contributed by atoms with Crippen molar-refractivity contribution in [1.29, 1.82) is 0 Å². The maximum Gasteiger partial charge on any atom is 4.00 e. The maximum absolute atomic E-state index is 4.21. The fourth-order valence-corrected chi connectivity index (χ4v) is 3.35. The van der Waals surface area contributed by atoms with Crippen molar-refractivity contribution in [2.45, 2.75) is 99.7 Å². The van der Waals surface area contributed by atoms with Gasteiger partial charge in [0.1, 0.15) is 0 Å². The van der Waals surface area contributed by atoms with Crippen LogP contribution >= 0.6 is 0 Å². The normalized spacial score (nSPS) is 9.84. The maximum atomic E-state index is 4.21. The van der Waals surface area contributed by atoms with Gasteiger partial charge in [-0.2, -0.15) is 17.3 Å². The molecule has 0 radical (unpaired) electrons. The van der Waals surface area contributed by atoms with Gasteiger partial charge in [0, 0.05) is 8.07 Å². The van der Waals surface area contributed by atoms with Crippen molar-refractivity contribution in [2.24, 2.45) is 0 Å². The molecule has 3 nitrogen and oxygen atoms in total. The standard InChI is InChI=1S/C8H13Si.3C6H14N.Hf/c1-9(2,3)8-6-4-5-7-8;3*1-3-5-7-6-4-2;/h4-7H,1-3H3;3*3-6H2,1-2H3;/q4*-1;+4. The van der Waals surface area contributed by atoms with Crippen LogP contribution in [0.4, 0.5) is 0 Å². The Labute approximate surface area is 217 Å². The van der Waals surface area contributed by atoms with Crippen LogP contribution in [0.5, 0.6) is 0 Å². The molecule has 0 atom stereocenters. The molecule has 1 rings (SSSR count). The number of nitrogens with zero attached hydrogens (tertiary/aromatic N) is 3. The SMILES string of the molecule is CCC[N-]CCC.CCC[N-]CCC.CCC[N-]CCC.C[Si](C)(C)[c-]1cccc1.[Hf+4]. The van der Waals surface area contributed by atoms with Gasteiger partial charge >= 0.3 is 25.8 Å². The molecule has 0 unspecified atom stereocenters. The first-order chi connectivity index (χ1) is 14.3. The molecule has 0 N–H and O–H groups in total. The summed E-state index contributed by atoms with van der Waals surface area (Å²) in [5.74, 6) is 0. The number of hydrogen-bond acceptors (Lipinski definition) is 0. The molecule has 1 aromatic rings. The van der Waals surface area contributed by atoms with E-state index in [0.29, 0.717) is 0 Å². The van der Waals surface area contributed by atoms with Gasteiger partial charge in [-0.25, -0.2) is 12.1 Å². The quantitative estimate of drug-likeness (QED) is 0.121. The molecule has 31 heavy (non-hydrogen) atoms. The van der Waals surface area contributed by atoms with E-state index in [-0.39, 0.29) is 25.8 Å². The molecule has 0 aromatic heterocycles. The Hall–Kier alpha value is 0.317. The van der Waals surface area contributed by atoms with Crippen LogP contribution in [0.15, 0.2) is 24.3 Å². The van der Waals surface area contributed by atoms with Crippen molar-refractivity contribution in [3.05, 3.63) is 40.2 Å². The molecular formula is C26H55HfN3Si. The van der Waals surface area contributed by atoms with Crippen molar-refractivity contribution in [1.82, 2.24) is 0 Å². The van der Waals surface area contributed by atoms with E-state index >= 15 is 0 Å². The molecule has 0 saturated heterocycles. The summed E-state index contributed by atoms with van der Waals surface area (Å²) in [6.45, 7) is 26.3. The largest absolute Gasteiger partial charge is 4.00 e. The van der Waals surface area contributed by atoms with Crippen LogP contribution in [-0.4, -0.2) is 47.3 Å². The van der Waals surface area contributed by atoms with Gasteiger partial charge in [-0.15, -0.1) is 39.3 Å². The third-order valence-corrected chi connectivity index (χ3v) is 5.88. The molecule has 1 aromatic carbocycles. The van der Waals surface area contributed by atoms with Gasteiger partial charge in [-0.1, -0.05) is 99.7 Å². The molecule has 182 valence electrons. The summed E-state index contributed by atoms with van der Waals surface area (Å²) < 4.78 is 0. The zero-order valence-electron chi connectivity index (χ0n) is 22.6. The first-order valence-corrected chi connectivity index (χ1v) is 16.0. The van der Waals surface area contributed by atoms with E-state index in [4.69, 9.17) is 0 Å². The summed E-state index contributed by atoms with van der Waals surface area (Å²) in [5.41, 5.74) is 0. The number of hydrogen-bond donors (Lipinski definition) is 0. The molecule has 0 saturated carbocycles. The first kappa shape index (κ1) is 38.6. The second-order valence-electron chi connectivity index (χ2n) is 8.44. The Morgan fingerprint density at radius 2 is 0.742 bits per heavy atom. The average molecular weight is 616 g/mol. The molecule has 0 aliphatic carbocycles. The van der Waals surface area contributed by atoms with Crippen LogP contribution in [0.25, 0.3) is 16.0 Å². The third-order valence-electron chi connectivity index (χ3n) is 3.82. The fourth-order valence-electron chi connectivity index (χ4n) is 2.16. The minimum atomic E-state index is -0.981. The number of rotatable bonds is 13. The molecule has 0 amide bonds. The predicted molar refractivity (Wildman–Crippen MR) is 146 cm³/mol. The van der Waals surface area contributed by atoms with E-state index in [2.05, 4.69) is 101 Å². The third kappa shape index (κ3) is 37.9. The molecule has 0 fully saturated rings. The van der Waals surface area contributed by atoms with E-state index < -0.39 is 8.07 Å². The Morgan fingerprint density at radius 1 is 0.516 bits per heavy atom. The summed E-state index contributed by atoms with van der Waals surface area (Å²) in [6.07, 6.45) is 7.17. The van der Waals surface area contributed by atoms with Gasteiger partial charge in [0.25, 0.3) is 0 Å². The van der Waals surface area contributed by atoms with Crippen LogP contribution in [0, 0.1) is 0 Å². The van der Waals surface area contributed by atoms with Crippen molar-refractivity contribution in [3.8, 4) is 0 Å². The van der Waals surface area contributed by atoms with Crippen LogP contribution in [0.3, 0.4) is 0 Å². The van der Waals surface area contributed by atoms with Gasteiger partial charge in [0.15, 0.2) is 0 Å². The smallest absolute Gasteiger partial charge is 0.662 e. The minimum absolute atomic E-state index is 0. The van der Waals surface area contributed by atoms with E-state index in [9.17, 15) is 0 Å². The molecular weight excluding hydrogens is 561 g/mol. The first-order valence-electron chi connectivity index (χ1n) is 12.5. The fraction of sp³-hybridized carbons (Fsp3) is 0.808. The average Bonchev–Trinajstić information content (AvgIpc) is 3.26. The minimum Gasteiger partial charge on any atom is -0.662 e. The summed E-state index contributed by atoms with van der Waals surface area (Å²) >= 11 is 0. The van der Waals surface area contributed by atoms with E-state index in [1.807, 2.05) is 0 Å². The molecule has 5 heteroatoms. The molecule has 0 spiro atoms. The van der Waals surface area contributed by atoms with Crippen molar-refractivity contribution in [2.75, 3.05) is 39.3 Å². The van der Waals surface area contributed by atoms with Gasteiger partial charge in [0.2, 0.25) is 0 Å². The molecule has 0 heterocycles. The topological polar surface area (TPSA) is 42.3 Å². The van der Waals surface area contributed by atoms with Gasteiger partial charge in [0.05, 0.1) is 0 Å². The summed E-state index contributed by atoms with van der Waals surface area (Å²) in [7, 11) is -0.981. The van der Waals surface area contributed by atoms with Crippen LogP contribution in [0.2, 0.25) is 19.6 Å². The second-order valence-corrected chi connectivity index (χ2v) is 13.5. The Kier molecular flexibility index (Phi) is 40.4. The zero-order valence-corrected chi connectivity index (χ0v) is 27.2. The van der Waals surface area contributed by atoms with Gasteiger partial charge < -0.3 is 16.0 Å². The van der Waals surface area contributed by atoms with E-state index in [0.717, 1.165) is 39.3 Å². The molecule has 0 bridgehead atoms. The van der Waals surface area contributed by atoms with Crippen LogP contribution in [-0.2, 0) is 25.8 Å². The summed E-state index contributed by atoms with van der Waals surface area (Å²) in [6, 6.07) is 8.69. The zero-order chi connectivity index (χ0) is 23.5. The molecule has 0 aliphatic rings. The van der Waals surface area contributed by atoms with Crippen molar-refractivity contribution >= 4 is 13.3 Å². The molecule has 0 aliphatic heterocycles. The Balaban J connectivity index is -0.000000156. The summed E-state index contributed by atoms with van der Waals surface area (Å²) in [4.78, 5) is 0. The second kappa shape index (κ2) is 32.5. The van der Waals surface area contributed by atoms with Crippen LogP contribution in [0.1, 0.15) is 80.1 Å². The predicted octanol–water partition coefficient (Wildman–Crippen LogP) is 8.49. The van der Waals surface area contributed by atoms with Crippen molar-refractivity contribution in [3.63, 3.8) is 0 Å². The van der Waals surface area contributed by atoms with Crippen molar-refractivity contribution < 1.29 is 25.8 Å². The van der Waals surface area contributed by atoms with Gasteiger partial charge in [-0.3, -0.25) is 0 Å². The summed E-state index contributed by atoms with van der Waals surface area (Å²) in [5, 5.41) is 14.2. The van der Waals surface area contributed by atoms with Gasteiger partial charge in [-0.05, 0) is 0 Å². The van der Waals surface area contributed by atoms with Crippen LogP contribution < -0.4 is 5.19 Å². The Bertz CT molecular complexity index is 343. The Morgan fingerprint density at radius 3 is 0.871 bits per heavy atom.